The van der Waals surface area contributed by atoms with Crippen LogP contribution >= 0.6 is 0 Å². The lowest BCUT2D eigenvalue weighted by molar-refractivity contribution is -0.137. The van der Waals surface area contributed by atoms with Crippen LogP contribution in [0.2, 0.25) is 0 Å². The van der Waals surface area contributed by atoms with Gasteiger partial charge in [0.1, 0.15) is 5.69 Å². The summed E-state index contributed by atoms with van der Waals surface area (Å²) in [5, 5.41) is 20.4. The highest BCUT2D eigenvalue weighted by molar-refractivity contribution is 5.89. The van der Waals surface area contributed by atoms with Gasteiger partial charge in [-0.25, -0.2) is 4.79 Å². The molecule has 2 aromatic rings. The molecular weight excluding hydrogens is 493 g/mol. The highest BCUT2D eigenvalue weighted by Crippen LogP contribution is 2.30. The van der Waals surface area contributed by atoms with Crippen molar-refractivity contribution in [1.29, 1.82) is 0 Å². The van der Waals surface area contributed by atoms with Gasteiger partial charge in [-0.2, -0.15) is 13.2 Å². The van der Waals surface area contributed by atoms with Crippen molar-refractivity contribution in [3.63, 3.8) is 0 Å². The molecule has 0 fully saturated rings. The number of alkyl halides is 3. The molecule has 1 aliphatic rings. The van der Waals surface area contributed by atoms with Crippen LogP contribution in [0.25, 0.3) is 0 Å². The molecule has 2 N–H and O–H groups in total. The van der Waals surface area contributed by atoms with Crippen LogP contribution in [0.3, 0.4) is 0 Å². The molecule has 1 aromatic carbocycles. The molecule has 13 heteroatoms. The fraction of sp³-hybridized carbons (Fsp3) is 0.583. The second-order valence-corrected chi connectivity index (χ2v) is 9.37. The number of nitrogens with zero attached hydrogens (tertiary/aromatic N) is 5. The number of urea groups is 1. The molecule has 1 aromatic heterocycles. The first-order valence-corrected chi connectivity index (χ1v) is 12.1. The van der Waals surface area contributed by atoms with E-state index in [2.05, 4.69) is 15.6 Å². The maximum Gasteiger partial charge on any atom is 0.416 e. The van der Waals surface area contributed by atoms with Gasteiger partial charge >= 0.3 is 12.2 Å². The SMILES string of the molecule is C[C@H]1CN([C@@H](C)CO)C(=O)CCCn2cc(nn2)CO[C@H]1CN(C)C(=O)Nc1ccc(C(F)(F)F)cc1. The summed E-state index contributed by atoms with van der Waals surface area (Å²) in [4.78, 5) is 28.7. The largest absolute Gasteiger partial charge is 0.416 e. The van der Waals surface area contributed by atoms with E-state index in [0.29, 0.717) is 25.2 Å². The third-order valence-corrected chi connectivity index (χ3v) is 6.31. The average molecular weight is 527 g/mol. The van der Waals surface area contributed by atoms with Crippen molar-refractivity contribution in [2.45, 2.75) is 58.2 Å². The standard InChI is InChI=1S/C24H33F3N6O4/c1-16-11-33(17(2)14-34)22(35)5-4-10-32-12-20(29-30-32)15-37-21(16)13-31(3)23(36)28-19-8-6-18(7-9-19)24(25,26)27/h6-9,12,16-17,21,34H,4-5,10-11,13-15H2,1-3H3,(H,28,36)/t16-,17-,21-/m0/s1. The van der Waals surface area contributed by atoms with Crippen LogP contribution < -0.4 is 5.32 Å². The van der Waals surface area contributed by atoms with Crippen LogP contribution in [0.5, 0.6) is 0 Å². The van der Waals surface area contributed by atoms with Gasteiger partial charge in [-0.15, -0.1) is 5.10 Å². The summed E-state index contributed by atoms with van der Waals surface area (Å²) < 4.78 is 46.2. The van der Waals surface area contributed by atoms with Crippen molar-refractivity contribution in [2.24, 2.45) is 5.92 Å². The number of aliphatic hydroxyl groups excluding tert-OH is 1. The third kappa shape index (κ3) is 7.89. The summed E-state index contributed by atoms with van der Waals surface area (Å²) >= 11 is 0. The van der Waals surface area contributed by atoms with Crippen molar-refractivity contribution in [1.82, 2.24) is 24.8 Å². The molecule has 0 radical (unpaired) electrons. The number of hydrogen-bond donors (Lipinski definition) is 2. The van der Waals surface area contributed by atoms with Crippen LogP contribution in [0.15, 0.2) is 30.5 Å². The smallest absolute Gasteiger partial charge is 0.394 e. The number of aromatic nitrogens is 3. The number of ether oxygens (including phenoxy) is 1. The first-order chi connectivity index (χ1) is 17.5. The van der Waals surface area contributed by atoms with Crippen LogP contribution in [-0.4, -0.2) is 80.7 Å². The summed E-state index contributed by atoms with van der Waals surface area (Å²) in [5.41, 5.74) is 0.0253. The summed E-state index contributed by atoms with van der Waals surface area (Å²) in [6.07, 6.45) is -2.38. The van der Waals surface area contributed by atoms with Gasteiger partial charge < -0.3 is 25.0 Å². The van der Waals surface area contributed by atoms with Gasteiger partial charge in [-0.1, -0.05) is 12.1 Å². The van der Waals surface area contributed by atoms with E-state index in [0.717, 1.165) is 12.1 Å². The molecule has 10 nitrogen and oxygen atoms in total. The molecule has 204 valence electrons. The molecule has 0 aliphatic carbocycles. The summed E-state index contributed by atoms with van der Waals surface area (Å²) in [6, 6.07) is 3.26. The van der Waals surface area contributed by atoms with Crippen molar-refractivity contribution in [3.05, 3.63) is 41.7 Å². The van der Waals surface area contributed by atoms with E-state index in [1.54, 1.807) is 29.7 Å². The lowest BCUT2D eigenvalue weighted by Crippen LogP contribution is -2.48. The van der Waals surface area contributed by atoms with E-state index < -0.39 is 23.9 Å². The number of hydrogen-bond acceptors (Lipinski definition) is 6. The van der Waals surface area contributed by atoms with E-state index in [1.165, 1.54) is 17.0 Å². The van der Waals surface area contributed by atoms with Crippen molar-refractivity contribution in [3.8, 4) is 0 Å². The quantitative estimate of drug-likeness (QED) is 0.620. The molecule has 0 spiro atoms. The lowest BCUT2D eigenvalue weighted by atomic mass is 10.0. The number of fused-ring (bicyclic) bond motifs is 2. The molecule has 2 heterocycles. The minimum absolute atomic E-state index is 0.0971. The van der Waals surface area contributed by atoms with Crippen molar-refractivity contribution >= 4 is 17.6 Å². The van der Waals surface area contributed by atoms with Gasteiger partial charge in [-0.05, 0) is 37.6 Å². The fourth-order valence-electron chi connectivity index (χ4n) is 4.01. The number of halogens is 3. The molecule has 0 saturated carbocycles. The Kier molecular flexibility index (Phi) is 9.49. The zero-order chi connectivity index (χ0) is 27.2. The first kappa shape index (κ1) is 28.4. The molecule has 3 atom stereocenters. The average Bonchev–Trinajstić information content (AvgIpc) is 3.31. The molecule has 1 aliphatic heterocycles. The monoisotopic (exact) mass is 526 g/mol. The number of nitrogens with one attached hydrogen (secondary N) is 1. The Balaban J connectivity index is 1.73. The predicted octanol–water partition coefficient (Wildman–Crippen LogP) is 2.99. The van der Waals surface area contributed by atoms with E-state index in [1.807, 2.05) is 6.92 Å². The third-order valence-electron chi connectivity index (χ3n) is 6.31. The first-order valence-electron chi connectivity index (χ1n) is 12.1. The Labute approximate surface area is 213 Å². The Hall–Kier alpha value is -3.19. The summed E-state index contributed by atoms with van der Waals surface area (Å²) in [5.74, 6) is -0.324. The number of rotatable bonds is 5. The minimum atomic E-state index is -4.46. The number of amides is 3. The van der Waals surface area contributed by atoms with Crippen molar-refractivity contribution < 1.29 is 32.6 Å². The second kappa shape index (κ2) is 12.4. The van der Waals surface area contributed by atoms with Crippen LogP contribution in [-0.2, 0) is 28.9 Å². The number of likely N-dealkylation sites (N-methyl/N-ethyl adjacent to an activating group) is 1. The molecule has 3 rings (SSSR count). The Morgan fingerprint density at radius 1 is 1.32 bits per heavy atom. The Morgan fingerprint density at radius 3 is 2.68 bits per heavy atom. The van der Waals surface area contributed by atoms with E-state index in [9.17, 15) is 27.9 Å². The lowest BCUT2D eigenvalue weighted by Gasteiger charge is -2.35. The highest BCUT2D eigenvalue weighted by Gasteiger charge is 2.31. The minimum Gasteiger partial charge on any atom is -0.394 e. The van der Waals surface area contributed by atoms with Crippen LogP contribution in [0.4, 0.5) is 23.7 Å². The van der Waals surface area contributed by atoms with Crippen LogP contribution in [0.1, 0.15) is 37.9 Å². The maximum absolute atomic E-state index is 12.9. The molecule has 37 heavy (non-hydrogen) atoms. The van der Waals surface area contributed by atoms with E-state index >= 15 is 0 Å². The number of benzene rings is 1. The normalized spacial score (nSPS) is 20.4. The molecular formula is C24H33F3N6O4. The van der Waals surface area contributed by atoms with E-state index in [-0.39, 0.29) is 49.7 Å². The van der Waals surface area contributed by atoms with Gasteiger partial charge in [0.15, 0.2) is 0 Å². The number of aryl methyl sites for hydroxylation is 1. The predicted molar refractivity (Wildman–Crippen MR) is 128 cm³/mol. The van der Waals surface area contributed by atoms with Crippen LogP contribution in [0, 0.1) is 5.92 Å². The zero-order valence-electron chi connectivity index (χ0n) is 21.1. The Bertz CT molecular complexity index is 1050. The maximum atomic E-state index is 12.9. The van der Waals surface area contributed by atoms with Gasteiger partial charge in [-0.3, -0.25) is 9.48 Å². The molecule has 0 unspecified atom stereocenters. The molecule has 2 bridgehead atoms. The van der Waals surface area contributed by atoms with Gasteiger partial charge in [0.2, 0.25) is 5.91 Å². The summed E-state index contributed by atoms with van der Waals surface area (Å²) in [6.45, 7) is 4.59. The number of anilines is 1. The number of carbonyl (C=O) groups excluding carboxylic acids is 2. The second-order valence-electron chi connectivity index (χ2n) is 9.37. The summed E-state index contributed by atoms with van der Waals surface area (Å²) in [7, 11) is 1.55. The molecule has 0 saturated heterocycles. The van der Waals surface area contributed by atoms with Crippen molar-refractivity contribution in [2.75, 3.05) is 32.1 Å². The fourth-order valence-corrected chi connectivity index (χ4v) is 4.01. The zero-order valence-corrected chi connectivity index (χ0v) is 21.1. The van der Waals surface area contributed by atoms with Gasteiger partial charge in [0.05, 0.1) is 37.1 Å². The number of aliphatic hydroxyl groups is 1. The van der Waals surface area contributed by atoms with Gasteiger partial charge in [0.25, 0.3) is 0 Å². The molecule has 3 amide bonds. The topological polar surface area (TPSA) is 113 Å². The Morgan fingerprint density at radius 2 is 2.03 bits per heavy atom. The van der Waals surface area contributed by atoms with E-state index in [4.69, 9.17) is 4.74 Å². The highest BCUT2D eigenvalue weighted by atomic mass is 19.4. The van der Waals surface area contributed by atoms with Gasteiger partial charge in [0, 0.05) is 44.7 Å². The number of carbonyl (C=O) groups is 2.